The van der Waals surface area contributed by atoms with E-state index in [1.807, 2.05) is 24.7 Å². The summed E-state index contributed by atoms with van der Waals surface area (Å²) >= 11 is 0. The van der Waals surface area contributed by atoms with Crippen LogP contribution in [0, 0.1) is 13.8 Å². The molecule has 0 spiro atoms. The van der Waals surface area contributed by atoms with Gasteiger partial charge in [0.1, 0.15) is 11.6 Å². The van der Waals surface area contributed by atoms with Crippen molar-refractivity contribution in [2.45, 2.75) is 13.8 Å². The van der Waals surface area contributed by atoms with Gasteiger partial charge < -0.3 is 4.98 Å². The number of hydrogen-bond donors (Lipinski definition) is 1. The lowest BCUT2D eigenvalue weighted by Gasteiger charge is -2.13. The minimum atomic E-state index is 0.870. The van der Waals surface area contributed by atoms with Crippen molar-refractivity contribution in [2.75, 3.05) is 0 Å². The van der Waals surface area contributed by atoms with Gasteiger partial charge >= 0.3 is 0 Å². The van der Waals surface area contributed by atoms with Crippen LogP contribution in [-0.2, 0) is 0 Å². The van der Waals surface area contributed by atoms with E-state index in [1.54, 1.807) is 0 Å². The molecule has 0 saturated heterocycles. The van der Waals surface area contributed by atoms with Gasteiger partial charge in [-0.2, -0.15) is 0 Å². The third-order valence-corrected chi connectivity index (χ3v) is 12.3. The van der Waals surface area contributed by atoms with Crippen LogP contribution >= 0.6 is 0 Å². The van der Waals surface area contributed by atoms with Gasteiger partial charge in [-0.1, -0.05) is 103 Å². The van der Waals surface area contributed by atoms with Gasteiger partial charge in [0.05, 0.1) is 27.6 Å². The van der Waals surface area contributed by atoms with Crippen molar-refractivity contribution in [3.63, 3.8) is 0 Å². The summed E-state index contributed by atoms with van der Waals surface area (Å²) in [6.07, 6.45) is 5.57. The van der Waals surface area contributed by atoms with Gasteiger partial charge in [0.2, 0.25) is 0 Å². The number of aromatic nitrogens is 6. The molecule has 288 valence electrons. The molecule has 0 fully saturated rings. The lowest BCUT2D eigenvalue weighted by atomic mass is 9.92. The summed E-state index contributed by atoms with van der Waals surface area (Å²) in [4.78, 5) is 18.6. The van der Waals surface area contributed by atoms with Crippen LogP contribution in [0.15, 0.2) is 188 Å². The molecule has 0 atom stereocenters. The van der Waals surface area contributed by atoms with Crippen molar-refractivity contribution in [1.29, 1.82) is 0 Å². The first-order valence-corrected chi connectivity index (χ1v) is 20.7. The lowest BCUT2D eigenvalue weighted by Crippen LogP contribution is -1.98. The maximum absolute atomic E-state index is 5.65. The SMILES string of the molecule is Cc1cc2c(c(C)c1-c1ccccc1)c1ccc(-c3cccc4c3nc(-c3cccc5c3[nH]c3ccccc35)n4-c3cccc(-c4ccncc4)c3)cc1n2-c1ccccn1. The average Bonchev–Trinajstić information content (AvgIpc) is 4.00. The Morgan fingerprint density at radius 2 is 1.26 bits per heavy atom. The van der Waals surface area contributed by atoms with Gasteiger partial charge in [-0.25, -0.2) is 9.97 Å². The molecule has 6 nitrogen and oxygen atoms in total. The van der Waals surface area contributed by atoms with Crippen LogP contribution in [0.1, 0.15) is 11.1 Å². The number of rotatable bonds is 6. The molecule has 0 amide bonds. The van der Waals surface area contributed by atoms with Gasteiger partial charge in [0, 0.05) is 62.5 Å². The van der Waals surface area contributed by atoms with Crippen molar-refractivity contribution in [3.05, 3.63) is 200 Å². The lowest BCUT2D eigenvalue weighted by molar-refractivity contribution is 1.08. The van der Waals surface area contributed by atoms with E-state index in [9.17, 15) is 0 Å². The molecular formula is C55H38N6. The number of hydrogen-bond acceptors (Lipinski definition) is 3. The number of para-hydroxylation sites is 3. The molecular weight excluding hydrogens is 745 g/mol. The van der Waals surface area contributed by atoms with E-state index in [1.165, 1.54) is 43.8 Å². The Balaban J connectivity index is 1.13. The first-order chi connectivity index (χ1) is 30.1. The topological polar surface area (TPSA) is 64.3 Å². The molecule has 0 unspecified atom stereocenters. The Morgan fingerprint density at radius 3 is 2.13 bits per heavy atom. The maximum atomic E-state index is 5.65. The van der Waals surface area contributed by atoms with E-state index in [0.29, 0.717) is 0 Å². The van der Waals surface area contributed by atoms with Crippen LogP contribution in [0.3, 0.4) is 0 Å². The summed E-state index contributed by atoms with van der Waals surface area (Å²) in [5.74, 6) is 1.76. The van der Waals surface area contributed by atoms with E-state index in [0.717, 1.165) is 78.2 Å². The Kier molecular flexibility index (Phi) is 7.87. The van der Waals surface area contributed by atoms with Crippen molar-refractivity contribution < 1.29 is 0 Å². The monoisotopic (exact) mass is 782 g/mol. The van der Waals surface area contributed by atoms with E-state index >= 15 is 0 Å². The maximum Gasteiger partial charge on any atom is 0.147 e. The van der Waals surface area contributed by atoms with Crippen LogP contribution in [0.25, 0.3) is 111 Å². The molecule has 5 heterocycles. The summed E-state index contributed by atoms with van der Waals surface area (Å²) in [5, 5.41) is 4.80. The molecule has 0 aliphatic rings. The zero-order valence-corrected chi connectivity index (χ0v) is 33.6. The number of H-pyrrole nitrogens is 1. The van der Waals surface area contributed by atoms with Crippen LogP contribution in [-0.4, -0.2) is 29.1 Å². The standard InChI is InChI=1S/C55H38N6/c1-34-31-49-52(35(2)51(34)37-13-4-3-5-14-37)44-25-24-39(33-48(44)61(49)50-23-8-9-28-57-50)41-18-12-22-47-54(41)59-55(45-20-11-19-43-42-17-6-7-21-46(42)58-53(43)45)60(47)40-16-10-15-38(32-40)36-26-29-56-30-27-36/h3-33,58H,1-2H3. The van der Waals surface area contributed by atoms with E-state index in [2.05, 4.69) is 197 Å². The Labute approximate surface area is 352 Å². The average molecular weight is 783 g/mol. The van der Waals surface area contributed by atoms with Gasteiger partial charge in [0.15, 0.2) is 0 Å². The fraction of sp³-hybridized carbons (Fsp3) is 0.0364. The quantitative estimate of drug-likeness (QED) is 0.183. The molecule has 7 aromatic carbocycles. The fourth-order valence-electron chi connectivity index (χ4n) is 9.69. The largest absolute Gasteiger partial charge is 0.354 e. The fourth-order valence-corrected chi connectivity index (χ4v) is 9.69. The smallest absolute Gasteiger partial charge is 0.147 e. The van der Waals surface area contributed by atoms with Gasteiger partial charge in [-0.3, -0.25) is 14.1 Å². The normalized spacial score (nSPS) is 11.8. The van der Waals surface area contributed by atoms with Crippen molar-refractivity contribution >= 4 is 54.6 Å². The zero-order valence-electron chi connectivity index (χ0n) is 33.6. The highest BCUT2D eigenvalue weighted by molar-refractivity contribution is 6.15. The molecule has 0 aliphatic heterocycles. The number of nitrogens with one attached hydrogen (secondary N) is 1. The number of benzene rings is 7. The molecule has 6 heteroatoms. The van der Waals surface area contributed by atoms with Crippen LogP contribution in [0.5, 0.6) is 0 Å². The summed E-state index contributed by atoms with van der Waals surface area (Å²) in [7, 11) is 0. The van der Waals surface area contributed by atoms with Gasteiger partial charge in [-0.05, 0) is 120 Å². The number of imidazole rings is 1. The molecule has 0 radical (unpaired) electrons. The van der Waals surface area contributed by atoms with Gasteiger partial charge in [0.25, 0.3) is 0 Å². The van der Waals surface area contributed by atoms with E-state index in [-0.39, 0.29) is 0 Å². The minimum Gasteiger partial charge on any atom is -0.354 e. The molecule has 12 aromatic rings. The molecule has 0 saturated carbocycles. The second-order valence-corrected chi connectivity index (χ2v) is 15.8. The highest BCUT2D eigenvalue weighted by Crippen LogP contribution is 2.43. The Hall–Kier alpha value is -8.09. The second-order valence-electron chi connectivity index (χ2n) is 15.8. The van der Waals surface area contributed by atoms with Crippen molar-refractivity contribution in [3.8, 4) is 56.3 Å². The first kappa shape index (κ1) is 34.9. The summed E-state index contributed by atoms with van der Waals surface area (Å²) in [6, 6.07) is 60.5. The Morgan fingerprint density at radius 1 is 0.492 bits per heavy atom. The zero-order chi connectivity index (χ0) is 40.6. The number of pyridine rings is 2. The highest BCUT2D eigenvalue weighted by Gasteiger charge is 2.23. The third kappa shape index (κ3) is 5.46. The molecule has 5 aromatic heterocycles. The molecule has 0 bridgehead atoms. The minimum absolute atomic E-state index is 0.870. The molecule has 12 rings (SSSR count). The predicted octanol–water partition coefficient (Wildman–Crippen LogP) is 13.8. The van der Waals surface area contributed by atoms with Crippen molar-refractivity contribution in [1.82, 2.24) is 29.1 Å². The molecule has 1 N–H and O–H groups in total. The Bertz CT molecular complexity index is 3650. The highest BCUT2D eigenvalue weighted by atomic mass is 15.1. The number of aryl methyl sites for hydroxylation is 2. The van der Waals surface area contributed by atoms with Gasteiger partial charge in [-0.15, -0.1) is 0 Å². The van der Waals surface area contributed by atoms with E-state index in [4.69, 9.17) is 9.97 Å². The van der Waals surface area contributed by atoms with Crippen LogP contribution in [0.2, 0.25) is 0 Å². The molecule has 0 aliphatic carbocycles. The number of fused-ring (bicyclic) bond motifs is 7. The van der Waals surface area contributed by atoms with E-state index < -0.39 is 0 Å². The summed E-state index contributed by atoms with van der Waals surface area (Å²) < 4.78 is 4.65. The second kappa shape index (κ2) is 13.8. The first-order valence-electron chi connectivity index (χ1n) is 20.7. The van der Waals surface area contributed by atoms with Crippen LogP contribution in [0.4, 0.5) is 0 Å². The van der Waals surface area contributed by atoms with Crippen LogP contribution < -0.4 is 0 Å². The summed E-state index contributed by atoms with van der Waals surface area (Å²) in [6.45, 7) is 4.48. The predicted molar refractivity (Wildman–Crippen MR) is 252 cm³/mol. The van der Waals surface area contributed by atoms with Crippen molar-refractivity contribution in [2.24, 2.45) is 0 Å². The number of aromatic amines is 1. The molecule has 61 heavy (non-hydrogen) atoms. The third-order valence-electron chi connectivity index (χ3n) is 12.3. The number of nitrogens with zero attached hydrogens (tertiary/aromatic N) is 5. The summed E-state index contributed by atoms with van der Waals surface area (Å²) in [5.41, 5.74) is 17.8.